The first-order valence-corrected chi connectivity index (χ1v) is 13.7. The van der Waals surface area contributed by atoms with Crippen molar-refractivity contribution in [2.24, 2.45) is 0 Å². The second-order valence-electron chi connectivity index (χ2n) is 8.54. The Hall–Kier alpha value is -3.04. The molecule has 0 aliphatic carbocycles. The van der Waals surface area contributed by atoms with E-state index in [1.54, 1.807) is 24.3 Å². The van der Waals surface area contributed by atoms with Gasteiger partial charge in [0.25, 0.3) is 5.91 Å². The van der Waals surface area contributed by atoms with E-state index in [2.05, 4.69) is 10.3 Å². The van der Waals surface area contributed by atoms with Crippen LogP contribution in [0.3, 0.4) is 0 Å². The van der Waals surface area contributed by atoms with Gasteiger partial charge in [-0.2, -0.15) is 4.31 Å². The number of aromatic nitrogens is 2. The summed E-state index contributed by atoms with van der Waals surface area (Å²) in [6.45, 7) is 7.32. The number of carbonyl (C=O) groups excluding carboxylic acids is 1. The number of carbonyl (C=O) groups is 1. The Kier molecular flexibility index (Phi) is 7.66. The van der Waals surface area contributed by atoms with Crippen LogP contribution in [0.1, 0.15) is 61.8 Å². The largest absolute Gasteiger partial charge is 0.492 e. The molecular formula is C26H32N4O4S. The van der Waals surface area contributed by atoms with Gasteiger partial charge >= 0.3 is 0 Å². The average Bonchev–Trinajstić information content (AvgIpc) is 2.88. The van der Waals surface area contributed by atoms with E-state index in [4.69, 9.17) is 9.72 Å². The number of hydrogen-bond donors (Lipinski definition) is 1. The second-order valence-corrected chi connectivity index (χ2v) is 10.5. The van der Waals surface area contributed by atoms with E-state index < -0.39 is 10.0 Å². The Bertz CT molecular complexity index is 1330. The fraction of sp³-hybridized carbons (Fsp3) is 0.423. The van der Waals surface area contributed by atoms with Crippen LogP contribution in [0.4, 0.5) is 5.69 Å². The number of nitrogens with zero attached hydrogens (tertiary/aromatic N) is 3. The first-order valence-electron chi connectivity index (χ1n) is 12.2. The summed E-state index contributed by atoms with van der Waals surface area (Å²) in [5.41, 5.74) is 4.00. The van der Waals surface area contributed by atoms with E-state index in [0.29, 0.717) is 42.2 Å². The molecule has 186 valence electrons. The molecule has 0 unspecified atom stereocenters. The molecule has 3 aromatic rings. The predicted octanol–water partition coefficient (Wildman–Crippen LogP) is 4.58. The molecule has 2 heterocycles. The number of benzene rings is 2. The monoisotopic (exact) mass is 496 g/mol. The Morgan fingerprint density at radius 3 is 2.29 bits per heavy atom. The number of ether oxygens (including phenoxy) is 1. The van der Waals surface area contributed by atoms with Crippen LogP contribution < -0.4 is 10.1 Å². The van der Waals surface area contributed by atoms with Gasteiger partial charge in [0.2, 0.25) is 10.0 Å². The van der Waals surface area contributed by atoms with Crippen molar-refractivity contribution in [1.29, 1.82) is 0 Å². The summed E-state index contributed by atoms with van der Waals surface area (Å²) < 4.78 is 33.5. The van der Waals surface area contributed by atoms with Crippen LogP contribution in [0.5, 0.6) is 5.75 Å². The highest BCUT2D eigenvalue weighted by molar-refractivity contribution is 7.89. The summed E-state index contributed by atoms with van der Waals surface area (Å²) in [6, 6.07) is 9.82. The molecule has 4 rings (SSSR count). The van der Waals surface area contributed by atoms with Gasteiger partial charge in [-0.3, -0.25) is 4.79 Å². The van der Waals surface area contributed by atoms with Gasteiger partial charge in [-0.25, -0.2) is 18.4 Å². The molecule has 1 amide bonds. The van der Waals surface area contributed by atoms with Crippen molar-refractivity contribution in [2.45, 2.75) is 57.8 Å². The quantitative estimate of drug-likeness (QED) is 0.490. The van der Waals surface area contributed by atoms with Crippen LogP contribution in [0.2, 0.25) is 0 Å². The number of anilines is 1. The van der Waals surface area contributed by atoms with E-state index in [0.717, 1.165) is 49.0 Å². The van der Waals surface area contributed by atoms with Crippen LogP contribution in [0.15, 0.2) is 41.3 Å². The lowest BCUT2D eigenvalue weighted by molar-refractivity contribution is 0.102. The Balaban J connectivity index is 1.65. The van der Waals surface area contributed by atoms with Crippen LogP contribution in [-0.4, -0.2) is 48.3 Å². The number of rotatable bonds is 8. The molecule has 8 nitrogen and oxygen atoms in total. The Morgan fingerprint density at radius 2 is 1.63 bits per heavy atom. The lowest BCUT2D eigenvalue weighted by Crippen LogP contribution is -2.35. The molecule has 1 aromatic heterocycles. The minimum absolute atomic E-state index is 0.141. The maximum absolute atomic E-state index is 13.2. The summed E-state index contributed by atoms with van der Waals surface area (Å²) in [7, 11) is -3.65. The summed E-state index contributed by atoms with van der Waals surface area (Å²) in [5, 5.41) is 2.85. The number of fused-ring (bicyclic) bond motifs is 1. The highest BCUT2D eigenvalue weighted by Crippen LogP contribution is 2.31. The Labute approximate surface area is 206 Å². The first kappa shape index (κ1) is 25.1. The van der Waals surface area contributed by atoms with Gasteiger partial charge in [0, 0.05) is 18.7 Å². The minimum Gasteiger partial charge on any atom is -0.492 e. The molecule has 1 aliphatic heterocycles. The molecule has 1 N–H and O–H groups in total. The molecule has 1 aliphatic rings. The summed E-state index contributed by atoms with van der Waals surface area (Å²) in [6.07, 6.45) is 4.30. The smallest absolute Gasteiger partial charge is 0.255 e. The minimum atomic E-state index is -3.65. The summed E-state index contributed by atoms with van der Waals surface area (Å²) in [4.78, 5) is 22.7. The van der Waals surface area contributed by atoms with Crippen LogP contribution >= 0.6 is 0 Å². The van der Waals surface area contributed by atoms with Crippen LogP contribution in [-0.2, 0) is 22.9 Å². The lowest BCUT2D eigenvalue weighted by Gasteiger charge is -2.26. The summed E-state index contributed by atoms with van der Waals surface area (Å²) in [5.74, 6) is 0.0414. The maximum Gasteiger partial charge on any atom is 0.255 e. The number of piperidine rings is 1. The molecule has 35 heavy (non-hydrogen) atoms. The van der Waals surface area contributed by atoms with Crippen molar-refractivity contribution in [2.75, 3.05) is 25.0 Å². The van der Waals surface area contributed by atoms with Crippen molar-refractivity contribution < 1.29 is 17.9 Å². The highest BCUT2D eigenvalue weighted by Gasteiger charge is 2.27. The third-order valence-corrected chi connectivity index (χ3v) is 8.10. The maximum atomic E-state index is 13.2. The van der Waals surface area contributed by atoms with Gasteiger partial charge < -0.3 is 10.1 Å². The molecule has 0 bridgehead atoms. The molecular weight excluding hydrogens is 464 g/mol. The topological polar surface area (TPSA) is 101 Å². The van der Waals surface area contributed by atoms with E-state index in [1.807, 2.05) is 20.8 Å². The van der Waals surface area contributed by atoms with Gasteiger partial charge in [-0.05, 0) is 69.0 Å². The van der Waals surface area contributed by atoms with E-state index >= 15 is 0 Å². The van der Waals surface area contributed by atoms with Gasteiger partial charge in [-0.1, -0.05) is 20.3 Å². The van der Waals surface area contributed by atoms with Crippen molar-refractivity contribution in [3.05, 3.63) is 53.3 Å². The highest BCUT2D eigenvalue weighted by atomic mass is 32.2. The molecule has 0 spiro atoms. The van der Waals surface area contributed by atoms with Crippen LogP contribution in [0, 0.1) is 0 Å². The number of aryl methyl sites for hydroxylation is 2. The van der Waals surface area contributed by atoms with Gasteiger partial charge in [-0.15, -0.1) is 0 Å². The Morgan fingerprint density at radius 1 is 0.943 bits per heavy atom. The predicted molar refractivity (Wildman–Crippen MR) is 136 cm³/mol. The van der Waals surface area contributed by atoms with E-state index in [9.17, 15) is 13.2 Å². The van der Waals surface area contributed by atoms with Gasteiger partial charge in [0.05, 0.1) is 39.6 Å². The average molecular weight is 497 g/mol. The zero-order valence-corrected chi connectivity index (χ0v) is 21.3. The molecule has 0 saturated carbocycles. The van der Waals surface area contributed by atoms with E-state index in [1.165, 1.54) is 16.4 Å². The number of hydrogen-bond acceptors (Lipinski definition) is 6. The third-order valence-electron chi connectivity index (χ3n) is 6.20. The summed E-state index contributed by atoms with van der Waals surface area (Å²) >= 11 is 0. The van der Waals surface area contributed by atoms with Gasteiger partial charge in [0.15, 0.2) is 0 Å². The zero-order chi connectivity index (χ0) is 25.0. The molecule has 0 radical (unpaired) electrons. The van der Waals surface area contributed by atoms with Crippen molar-refractivity contribution in [1.82, 2.24) is 14.3 Å². The van der Waals surface area contributed by atoms with E-state index in [-0.39, 0.29) is 10.8 Å². The number of nitrogens with one attached hydrogen (secondary N) is 1. The fourth-order valence-corrected chi connectivity index (χ4v) is 5.88. The molecule has 1 fully saturated rings. The van der Waals surface area contributed by atoms with Crippen molar-refractivity contribution in [3.8, 4) is 5.75 Å². The van der Waals surface area contributed by atoms with Gasteiger partial charge in [0.1, 0.15) is 5.75 Å². The second kappa shape index (κ2) is 10.7. The SMILES string of the molecule is CCOc1ccc(S(=O)(=O)N2CCCCC2)cc1NC(=O)c1ccc2nc(CC)c(CC)nc2c1. The zero-order valence-electron chi connectivity index (χ0n) is 20.5. The lowest BCUT2D eigenvalue weighted by atomic mass is 10.1. The number of amides is 1. The fourth-order valence-electron chi connectivity index (χ4n) is 4.33. The molecule has 2 aromatic carbocycles. The van der Waals surface area contributed by atoms with Crippen molar-refractivity contribution in [3.63, 3.8) is 0 Å². The molecule has 1 saturated heterocycles. The molecule has 0 atom stereocenters. The van der Waals surface area contributed by atoms with Crippen molar-refractivity contribution >= 4 is 32.7 Å². The third kappa shape index (κ3) is 5.31. The van der Waals surface area contributed by atoms with Crippen LogP contribution in [0.25, 0.3) is 11.0 Å². The first-order chi connectivity index (χ1) is 16.9. The molecule has 9 heteroatoms. The standard InChI is InChI=1S/C26H32N4O4S/c1-4-20-21(5-2)28-23-16-18(10-12-22(23)27-20)26(31)29-24-17-19(11-13-25(24)34-6-3)35(32,33)30-14-8-7-9-15-30/h10-13,16-17H,4-9,14-15H2,1-3H3,(H,29,31). The normalized spacial score (nSPS) is 14.7. The number of sulfonamides is 1.